The molecule has 3 rings (SSSR count). The van der Waals surface area contributed by atoms with Gasteiger partial charge in [-0.05, 0) is 24.3 Å². The summed E-state index contributed by atoms with van der Waals surface area (Å²) in [6.45, 7) is 0.0670. The summed E-state index contributed by atoms with van der Waals surface area (Å²) in [4.78, 5) is 47.2. The predicted octanol–water partition coefficient (Wildman–Crippen LogP) is -0.924. The first-order chi connectivity index (χ1) is 16.4. The first-order valence-electron chi connectivity index (χ1n) is 9.96. The van der Waals surface area contributed by atoms with E-state index in [-0.39, 0.29) is 38.0 Å². The summed E-state index contributed by atoms with van der Waals surface area (Å²) in [6, 6.07) is 6.08. The summed E-state index contributed by atoms with van der Waals surface area (Å²) in [5, 5.41) is 20.7. The highest BCUT2D eigenvalue weighted by Gasteiger charge is 2.12. The SMILES string of the molecule is COC(=O)Cn1cc(CNC(=O)c2ccc(C(=O)NCc3cn(CC(=O)OC)nn3)cc2)nn1. The molecule has 178 valence electrons. The van der Waals surface area contributed by atoms with E-state index in [0.717, 1.165) is 0 Å². The fraction of sp³-hybridized carbons (Fsp3) is 0.300. The Morgan fingerprint density at radius 3 is 1.47 bits per heavy atom. The molecule has 2 aromatic heterocycles. The number of carbonyl (C=O) groups excluding carboxylic acids is 4. The molecule has 1 aromatic carbocycles. The Morgan fingerprint density at radius 1 is 0.735 bits per heavy atom. The molecule has 0 radical (unpaired) electrons. The average Bonchev–Trinajstić information content (AvgIpc) is 3.50. The number of benzene rings is 1. The highest BCUT2D eigenvalue weighted by atomic mass is 16.5. The van der Waals surface area contributed by atoms with Crippen molar-refractivity contribution in [1.29, 1.82) is 0 Å². The van der Waals surface area contributed by atoms with Gasteiger partial charge < -0.3 is 20.1 Å². The Bertz CT molecular complexity index is 1080. The standard InChI is InChI=1S/C20H22N8O6/c1-33-17(29)11-27-9-15(23-25-27)7-21-19(31)13-3-5-14(6-4-13)20(32)22-8-16-10-28(26-24-16)12-18(30)34-2/h3-6,9-10H,7-8,11-12H2,1-2H3,(H,21,31)(H,22,32). The van der Waals surface area contributed by atoms with Gasteiger partial charge in [0.1, 0.15) is 24.5 Å². The lowest BCUT2D eigenvalue weighted by Crippen LogP contribution is -2.24. The largest absolute Gasteiger partial charge is 0.468 e. The second-order valence-electron chi connectivity index (χ2n) is 6.91. The first kappa shape index (κ1) is 24.0. The van der Waals surface area contributed by atoms with Gasteiger partial charge >= 0.3 is 11.9 Å². The van der Waals surface area contributed by atoms with Gasteiger partial charge in [-0.1, -0.05) is 10.4 Å². The molecule has 0 fully saturated rings. The van der Waals surface area contributed by atoms with Gasteiger partial charge in [0, 0.05) is 11.1 Å². The number of esters is 2. The van der Waals surface area contributed by atoms with Crippen molar-refractivity contribution >= 4 is 23.8 Å². The Balaban J connectivity index is 1.47. The predicted molar refractivity (Wildman–Crippen MR) is 113 cm³/mol. The number of carbonyl (C=O) groups is 4. The summed E-state index contributed by atoms with van der Waals surface area (Å²) >= 11 is 0. The fourth-order valence-corrected chi connectivity index (χ4v) is 2.71. The maximum atomic E-state index is 12.4. The molecule has 34 heavy (non-hydrogen) atoms. The summed E-state index contributed by atoms with van der Waals surface area (Å²) in [7, 11) is 2.55. The number of hydrogen-bond donors (Lipinski definition) is 2. The Morgan fingerprint density at radius 2 is 1.12 bits per heavy atom. The normalized spacial score (nSPS) is 10.4. The molecule has 0 saturated carbocycles. The van der Waals surface area contributed by atoms with Crippen molar-refractivity contribution in [1.82, 2.24) is 40.6 Å². The quantitative estimate of drug-likeness (QED) is 0.353. The van der Waals surface area contributed by atoms with E-state index < -0.39 is 11.9 Å². The van der Waals surface area contributed by atoms with Gasteiger partial charge in [0.05, 0.1) is 39.7 Å². The van der Waals surface area contributed by atoms with Crippen molar-refractivity contribution in [2.45, 2.75) is 26.2 Å². The van der Waals surface area contributed by atoms with E-state index in [9.17, 15) is 19.2 Å². The van der Waals surface area contributed by atoms with E-state index >= 15 is 0 Å². The summed E-state index contributed by atoms with van der Waals surface area (Å²) < 4.78 is 11.7. The van der Waals surface area contributed by atoms with E-state index in [0.29, 0.717) is 22.5 Å². The molecule has 14 heteroatoms. The van der Waals surface area contributed by atoms with Crippen LogP contribution in [-0.4, -0.2) is 68.0 Å². The van der Waals surface area contributed by atoms with E-state index in [2.05, 4.69) is 40.7 Å². The number of hydrogen-bond acceptors (Lipinski definition) is 10. The maximum Gasteiger partial charge on any atom is 0.327 e. The van der Waals surface area contributed by atoms with Crippen LogP contribution >= 0.6 is 0 Å². The third-order valence-electron chi connectivity index (χ3n) is 4.48. The molecule has 0 aliphatic heterocycles. The van der Waals surface area contributed by atoms with E-state index in [1.807, 2.05) is 0 Å². The maximum absolute atomic E-state index is 12.4. The van der Waals surface area contributed by atoms with E-state index in [1.165, 1.54) is 60.2 Å². The average molecular weight is 470 g/mol. The van der Waals surface area contributed by atoms with Crippen LogP contribution in [0.1, 0.15) is 32.1 Å². The third kappa shape index (κ3) is 6.69. The number of rotatable bonds is 10. The molecule has 0 saturated heterocycles. The van der Waals surface area contributed by atoms with E-state index in [1.54, 1.807) is 0 Å². The number of nitrogens with one attached hydrogen (secondary N) is 2. The zero-order chi connectivity index (χ0) is 24.5. The summed E-state index contributed by atoms with van der Waals surface area (Å²) in [6.07, 6.45) is 3.05. The molecule has 0 spiro atoms. The molecule has 0 aliphatic carbocycles. The molecule has 2 heterocycles. The third-order valence-corrected chi connectivity index (χ3v) is 4.48. The number of aromatic nitrogens is 6. The minimum atomic E-state index is -0.463. The second kappa shape index (κ2) is 11.3. The highest BCUT2D eigenvalue weighted by Crippen LogP contribution is 2.06. The molecule has 2 amide bonds. The van der Waals surface area contributed by atoms with Gasteiger partial charge in [-0.3, -0.25) is 19.2 Å². The van der Waals surface area contributed by atoms with Crippen LogP contribution in [0.4, 0.5) is 0 Å². The number of methoxy groups -OCH3 is 2. The lowest BCUT2D eigenvalue weighted by atomic mass is 10.1. The zero-order valence-corrected chi connectivity index (χ0v) is 18.4. The monoisotopic (exact) mass is 470 g/mol. The minimum Gasteiger partial charge on any atom is -0.468 e. The molecule has 0 unspecified atom stereocenters. The van der Waals surface area contributed by atoms with Gasteiger partial charge in [0.25, 0.3) is 11.8 Å². The van der Waals surface area contributed by atoms with Crippen molar-refractivity contribution in [3.8, 4) is 0 Å². The van der Waals surface area contributed by atoms with E-state index in [4.69, 9.17) is 0 Å². The van der Waals surface area contributed by atoms with Gasteiger partial charge in [0.2, 0.25) is 0 Å². The van der Waals surface area contributed by atoms with Crippen LogP contribution in [0.5, 0.6) is 0 Å². The van der Waals surface area contributed by atoms with Gasteiger partial charge in [0.15, 0.2) is 0 Å². The lowest BCUT2D eigenvalue weighted by molar-refractivity contribution is -0.142. The van der Waals surface area contributed by atoms with Crippen LogP contribution in [0.25, 0.3) is 0 Å². The van der Waals surface area contributed by atoms with Gasteiger partial charge in [-0.15, -0.1) is 10.2 Å². The lowest BCUT2D eigenvalue weighted by Gasteiger charge is -2.06. The summed E-state index contributed by atoms with van der Waals surface area (Å²) in [5.74, 6) is -1.66. The highest BCUT2D eigenvalue weighted by molar-refractivity contribution is 5.97. The minimum absolute atomic E-state index is 0.0765. The molecule has 14 nitrogen and oxygen atoms in total. The number of ether oxygens (including phenoxy) is 2. The second-order valence-corrected chi connectivity index (χ2v) is 6.91. The zero-order valence-electron chi connectivity index (χ0n) is 18.4. The van der Waals surface area contributed by atoms with Crippen LogP contribution in [0.3, 0.4) is 0 Å². The topological polar surface area (TPSA) is 172 Å². The fourth-order valence-electron chi connectivity index (χ4n) is 2.71. The molecule has 2 N–H and O–H groups in total. The van der Waals surface area contributed by atoms with Crippen LogP contribution in [0.2, 0.25) is 0 Å². The molecule has 0 bridgehead atoms. The van der Waals surface area contributed by atoms with Crippen LogP contribution in [0, 0.1) is 0 Å². The van der Waals surface area contributed by atoms with Crippen molar-refractivity contribution in [3.63, 3.8) is 0 Å². The smallest absolute Gasteiger partial charge is 0.327 e. The van der Waals surface area contributed by atoms with Crippen molar-refractivity contribution in [2.75, 3.05) is 14.2 Å². The van der Waals surface area contributed by atoms with Gasteiger partial charge in [-0.25, -0.2) is 9.36 Å². The van der Waals surface area contributed by atoms with Crippen molar-refractivity contribution in [3.05, 3.63) is 59.2 Å². The van der Waals surface area contributed by atoms with Crippen LogP contribution in [0.15, 0.2) is 36.7 Å². The Labute approximate surface area is 193 Å². The van der Waals surface area contributed by atoms with Crippen molar-refractivity contribution < 1.29 is 28.7 Å². The Kier molecular flexibility index (Phi) is 7.99. The summed E-state index contributed by atoms with van der Waals surface area (Å²) in [5.41, 5.74) is 1.64. The number of nitrogens with zero attached hydrogens (tertiary/aromatic N) is 6. The molecular weight excluding hydrogens is 448 g/mol. The van der Waals surface area contributed by atoms with Gasteiger partial charge in [-0.2, -0.15) is 0 Å². The Hall–Kier alpha value is -4.62. The molecular formula is C20H22N8O6. The molecule has 3 aromatic rings. The van der Waals surface area contributed by atoms with Crippen LogP contribution in [-0.2, 0) is 45.2 Å². The molecule has 0 aliphatic rings. The number of amides is 2. The first-order valence-corrected chi connectivity index (χ1v) is 9.96. The molecule has 0 atom stereocenters. The van der Waals surface area contributed by atoms with Crippen LogP contribution < -0.4 is 10.6 Å². The van der Waals surface area contributed by atoms with Crippen molar-refractivity contribution in [2.24, 2.45) is 0 Å².